The Hall–Kier alpha value is -1.80. The molecule has 0 aliphatic carbocycles. The molecule has 1 aliphatic rings. The summed E-state index contributed by atoms with van der Waals surface area (Å²) in [7, 11) is -3.72. The van der Waals surface area contributed by atoms with Crippen LogP contribution in [0.3, 0.4) is 0 Å². The molecule has 1 fully saturated rings. The molecule has 1 heterocycles. The second-order valence-electron chi connectivity index (χ2n) is 3.88. The molecule has 18 heavy (non-hydrogen) atoms. The van der Waals surface area contributed by atoms with Crippen LogP contribution in [0.4, 0.5) is 5.69 Å². The molecule has 96 valence electrons. The summed E-state index contributed by atoms with van der Waals surface area (Å²) in [5.41, 5.74) is -0.175. The zero-order chi connectivity index (χ0) is 13.3. The topological polar surface area (TPSA) is 97.6 Å². The average molecular weight is 270 g/mol. The number of sulfonamides is 1. The van der Waals surface area contributed by atoms with Crippen molar-refractivity contribution >= 4 is 21.5 Å². The van der Waals surface area contributed by atoms with Gasteiger partial charge < -0.3 is 0 Å². The minimum absolute atomic E-state index is 0.0391. The first-order chi connectivity index (χ1) is 8.41. The average Bonchev–Trinajstić information content (AvgIpc) is 2.76. The summed E-state index contributed by atoms with van der Waals surface area (Å²) in [6.45, 7) is 0.0392. The second-order valence-corrected chi connectivity index (χ2v) is 5.82. The maximum Gasteiger partial charge on any atom is 0.269 e. The molecule has 0 bridgehead atoms. The number of benzene rings is 1. The molecule has 0 atom stereocenters. The van der Waals surface area contributed by atoms with Crippen molar-refractivity contribution in [3.63, 3.8) is 0 Å². The number of hydrogen-bond acceptors (Lipinski definition) is 5. The van der Waals surface area contributed by atoms with Crippen LogP contribution in [0.15, 0.2) is 29.2 Å². The van der Waals surface area contributed by atoms with Crippen LogP contribution >= 0.6 is 0 Å². The zero-order valence-corrected chi connectivity index (χ0v) is 10.1. The fraction of sp³-hybridized carbons (Fsp3) is 0.300. The van der Waals surface area contributed by atoms with Crippen molar-refractivity contribution < 1.29 is 18.1 Å². The first kappa shape index (κ1) is 12.7. The predicted octanol–water partition coefficient (Wildman–Crippen LogP) is 0.558. The van der Waals surface area contributed by atoms with Gasteiger partial charge in [0.05, 0.1) is 16.4 Å². The Morgan fingerprint density at radius 1 is 1.22 bits per heavy atom. The van der Waals surface area contributed by atoms with Gasteiger partial charge in [-0.15, -0.1) is 0 Å². The van der Waals surface area contributed by atoms with Gasteiger partial charge >= 0.3 is 0 Å². The van der Waals surface area contributed by atoms with E-state index in [2.05, 4.69) is 0 Å². The molecule has 2 rings (SSSR count). The first-order valence-electron chi connectivity index (χ1n) is 5.17. The van der Waals surface area contributed by atoms with Crippen molar-refractivity contribution in [2.75, 3.05) is 13.1 Å². The number of nitrogens with zero attached hydrogens (tertiary/aromatic N) is 2. The summed E-state index contributed by atoms with van der Waals surface area (Å²) in [5, 5.41) is 10.5. The molecule has 0 spiro atoms. The van der Waals surface area contributed by atoms with E-state index >= 15 is 0 Å². The van der Waals surface area contributed by atoms with E-state index in [1.165, 1.54) is 12.1 Å². The highest BCUT2D eigenvalue weighted by atomic mass is 32.2. The first-order valence-corrected chi connectivity index (χ1v) is 6.61. The van der Waals surface area contributed by atoms with Crippen LogP contribution in [0, 0.1) is 10.1 Å². The van der Waals surface area contributed by atoms with E-state index in [0.29, 0.717) is 0 Å². The van der Waals surface area contributed by atoms with Crippen molar-refractivity contribution in [1.82, 2.24) is 4.31 Å². The predicted molar refractivity (Wildman–Crippen MR) is 61.5 cm³/mol. The van der Waals surface area contributed by atoms with Gasteiger partial charge in [-0.3, -0.25) is 14.9 Å². The number of nitro groups is 1. The Kier molecular flexibility index (Phi) is 3.14. The van der Waals surface area contributed by atoms with E-state index < -0.39 is 14.9 Å². The van der Waals surface area contributed by atoms with Crippen LogP contribution in [0.5, 0.6) is 0 Å². The quantitative estimate of drug-likeness (QED) is 0.590. The third-order valence-corrected chi connectivity index (χ3v) is 4.54. The van der Waals surface area contributed by atoms with E-state index in [0.717, 1.165) is 16.4 Å². The molecule has 8 heteroatoms. The standard InChI is InChI=1S/C10H10N2O5S/c13-9-5-6-11(7-9)18(16,17)10-3-1-8(2-4-10)12(14)15/h1-4H,5-7H2. The molecule has 0 unspecified atom stereocenters. The van der Waals surface area contributed by atoms with Crippen molar-refractivity contribution in [2.45, 2.75) is 11.3 Å². The van der Waals surface area contributed by atoms with Gasteiger partial charge in [0.2, 0.25) is 10.0 Å². The molecular weight excluding hydrogens is 260 g/mol. The number of ketones is 1. The molecule has 0 N–H and O–H groups in total. The van der Waals surface area contributed by atoms with Crippen LogP contribution in [-0.4, -0.2) is 36.5 Å². The van der Waals surface area contributed by atoms with E-state index in [4.69, 9.17) is 0 Å². The number of nitro benzene ring substituents is 1. The van der Waals surface area contributed by atoms with Crippen LogP contribution in [-0.2, 0) is 14.8 Å². The highest BCUT2D eigenvalue weighted by Crippen LogP contribution is 2.21. The minimum atomic E-state index is -3.72. The van der Waals surface area contributed by atoms with Gasteiger partial charge in [-0.05, 0) is 12.1 Å². The smallest absolute Gasteiger partial charge is 0.269 e. The van der Waals surface area contributed by atoms with E-state index in [1.807, 2.05) is 0 Å². The number of rotatable bonds is 3. The van der Waals surface area contributed by atoms with Crippen molar-refractivity contribution in [3.8, 4) is 0 Å². The molecule has 0 aromatic heterocycles. The third kappa shape index (κ3) is 2.24. The van der Waals surface area contributed by atoms with Gasteiger partial charge in [0.15, 0.2) is 0 Å². The van der Waals surface area contributed by atoms with Crippen LogP contribution in [0.25, 0.3) is 0 Å². The van der Waals surface area contributed by atoms with Crippen LogP contribution < -0.4 is 0 Å². The van der Waals surface area contributed by atoms with Crippen molar-refractivity contribution in [3.05, 3.63) is 34.4 Å². The van der Waals surface area contributed by atoms with Crippen LogP contribution in [0.1, 0.15) is 6.42 Å². The summed E-state index contributed by atoms with van der Waals surface area (Å²) in [5.74, 6) is -0.125. The monoisotopic (exact) mass is 270 g/mol. The number of carbonyl (C=O) groups excluding carboxylic acids is 1. The third-order valence-electron chi connectivity index (χ3n) is 2.68. The fourth-order valence-corrected chi connectivity index (χ4v) is 3.12. The van der Waals surface area contributed by atoms with Gasteiger partial charge in [0.1, 0.15) is 5.78 Å². The molecule has 0 saturated carbocycles. The summed E-state index contributed by atoms with van der Waals surface area (Å²) < 4.78 is 25.2. The molecule has 0 radical (unpaired) electrons. The summed E-state index contributed by atoms with van der Waals surface area (Å²) >= 11 is 0. The minimum Gasteiger partial charge on any atom is -0.298 e. The second kappa shape index (κ2) is 4.46. The largest absolute Gasteiger partial charge is 0.298 e. The molecule has 1 aromatic rings. The Morgan fingerprint density at radius 3 is 2.28 bits per heavy atom. The lowest BCUT2D eigenvalue weighted by Gasteiger charge is -2.14. The van der Waals surface area contributed by atoms with Gasteiger partial charge in [-0.2, -0.15) is 4.31 Å². The Morgan fingerprint density at radius 2 is 1.83 bits per heavy atom. The summed E-state index contributed by atoms with van der Waals surface area (Å²) in [6, 6.07) is 4.61. The van der Waals surface area contributed by atoms with Crippen molar-refractivity contribution in [2.24, 2.45) is 0 Å². The van der Waals surface area contributed by atoms with E-state index in [9.17, 15) is 23.3 Å². The normalized spacial score (nSPS) is 17.0. The fourth-order valence-electron chi connectivity index (χ4n) is 1.70. The lowest BCUT2D eigenvalue weighted by Crippen LogP contribution is -2.28. The van der Waals surface area contributed by atoms with Crippen molar-refractivity contribution in [1.29, 1.82) is 0 Å². The molecular formula is C10H10N2O5S. The van der Waals surface area contributed by atoms with Crippen LogP contribution in [0.2, 0.25) is 0 Å². The number of hydrogen-bond donors (Lipinski definition) is 0. The molecule has 1 saturated heterocycles. The van der Waals surface area contributed by atoms with Gasteiger partial charge in [-0.1, -0.05) is 0 Å². The Labute approximate surface area is 103 Å². The summed E-state index contributed by atoms with van der Waals surface area (Å²) in [4.78, 5) is 20.9. The van der Waals surface area contributed by atoms with Gasteiger partial charge in [0.25, 0.3) is 5.69 Å². The number of non-ortho nitro benzene ring substituents is 1. The van der Waals surface area contributed by atoms with Gasteiger partial charge in [-0.25, -0.2) is 8.42 Å². The molecule has 7 nitrogen and oxygen atoms in total. The van der Waals surface area contributed by atoms with E-state index in [1.54, 1.807) is 0 Å². The number of Topliss-reactive ketones (excluding diaryl/α,β-unsaturated/α-hetero) is 1. The zero-order valence-electron chi connectivity index (χ0n) is 9.27. The highest BCUT2D eigenvalue weighted by molar-refractivity contribution is 7.89. The highest BCUT2D eigenvalue weighted by Gasteiger charge is 2.31. The lowest BCUT2D eigenvalue weighted by molar-refractivity contribution is -0.384. The molecule has 1 aromatic carbocycles. The molecule has 0 amide bonds. The maximum atomic E-state index is 12.1. The number of carbonyl (C=O) groups is 1. The van der Waals surface area contributed by atoms with Gasteiger partial charge in [0, 0.05) is 25.1 Å². The SMILES string of the molecule is O=C1CCN(S(=O)(=O)c2ccc([N+](=O)[O-])cc2)C1. The molecule has 1 aliphatic heterocycles. The Bertz CT molecular complexity index is 593. The Balaban J connectivity index is 2.30. The maximum absolute atomic E-state index is 12.1. The van der Waals surface area contributed by atoms with E-state index in [-0.39, 0.29) is 35.9 Å². The summed E-state index contributed by atoms with van der Waals surface area (Å²) in [6.07, 6.45) is 0.214. The lowest BCUT2D eigenvalue weighted by atomic mass is 10.3.